The van der Waals surface area contributed by atoms with Crippen molar-refractivity contribution in [2.75, 3.05) is 78.3 Å². The summed E-state index contributed by atoms with van der Waals surface area (Å²) < 4.78 is 69.6. The number of benzene rings is 5. The molecule has 630 valence electrons. The van der Waals surface area contributed by atoms with Crippen molar-refractivity contribution in [2.24, 2.45) is 11.7 Å². The number of nitrogens with two attached hydrogens (primary N) is 3. The van der Waals surface area contributed by atoms with Gasteiger partial charge in [0.25, 0.3) is 0 Å². The summed E-state index contributed by atoms with van der Waals surface area (Å²) in [6.07, 6.45) is 15.6. The number of hydrogen-bond donors (Lipinski definition) is 7. The first-order valence-corrected chi connectivity index (χ1v) is 50.8. The predicted molar refractivity (Wildman–Crippen MR) is 464 cm³/mol. The summed E-state index contributed by atoms with van der Waals surface area (Å²) in [6, 6.07) is 33.6. The number of nitro groups is 3. The summed E-state index contributed by atoms with van der Waals surface area (Å²) in [6.45, 7) is 10.1. The van der Waals surface area contributed by atoms with Crippen LogP contribution in [0, 0.1) is 36.3 Å². The van der Waals surface area contributed by atoms with Gasteiger partial charge in [-0.2, -0.15) is 29.6 Å². The molecule has 1 saturated carbocycles. The van der Waals surface area contributed by atoms with Gasteiger partial charge in [0.05, 0.1) is 59.1 Å². The molecule has 118 heavy (non-hydrogen) atoms. The Balaban J connectivity index is 0.000000289. The molecule has 12 rings (SSSR count). The standard InChI is InChI=1S/C11H8ClN5O2S.C11H9ClN4O4S.C11H11ClN4O2S.C11H9ClN4O2S.C7H9NS.C6H11NO2.C6H15N.C4HCl2N3O2.2ClH.Sn/c1-20(18,19)8-4-2-7(3-5-8)17-10-9(15-16-17)6-13-11(12)14-10;1-21(19,20)8-4-2-7(3-5-8)14-10-9(16(17)18)6-13-11(12)15-10;1-19(17,18)8-4-2-7(3-5-8)15-10-9(13)6-14-11(12)16-10;1-19-8-4-2-7(3-5-8)14-10-9(16(17)18)6-13-11(12)15-10;1-9-7-4-2-6(8)3-5-7;7-5-2-1-4(3-5)6(8)9;1-4-7(5-2)6-3;5-3-2(9(10)11)1-7-4(6)8-3;;;/h2-6H,1H3;2-6H,1H3,(H,13,14,15);2-6H,13H2,1H3,(H,14,15,16);2-6H,1H3,(H,13,14,15);2-5H,8H2,1H3;4-5H,1-3,7H2,(H,8,9);4-6H2,1-3H3;1H;2*1H;/q;;;;;;;;;;+2/p-2/t;;;;;4-,5-;;;;;/m.....1...../s1. The number of aromatic nitrogens is 13. The first-order valence-electron chi connectivity index (χ1n) is 33.2. The van der Waals surface area contributed by atoms with Gasteiger partial charge in [0, 0.05) is 57.3 Å². The van der Waals surface area contributed by atoms with E-state index in [4.69, 9.17) is 110 Å². The zero-order valence-corrected chi connectivity index (χ0v) is 76.0. The minimum absolute atomic E-state index is 0.0474. The van der Waals surface area contributed by atoms with Crippen LogP contribution in [-0.4, -0.2) is 197 Å². The number of nitrogens with zero attached hydrogens (tertiary/aromatic N) is 17. The van der Waals surface area contributed by atoms with Crippen LogP contribution in [-0.2, 0) is 34.3 Å². The minimum atomic E-state index is -3.30. The number of carboxylic acid groups (broad SMARTS) is 1. The zero-order chi connectivity index (χ0) is 88.2. The average Bonchev–Trinajstić information content (AvgIpc) is 1.63. The van der Waals surface area contributed by atoms with Crippen LogP contribution in [0.5, 0.6) is 0 Å². The van der Waals surface area contributed by atoms with Crippen LogP contribution in [0.3, 0.4) is 0 Å². The van der Waals surface area contributed by atoms with Gasteiger partial charge in [-0.15, -0.1) is 28.6 Å². The third kappa shape index (κ3) is 35.6. The number of thioether (sulfide) groups is 2. The van der Waals surface area contributed by atoms with Gasteiger partial charge in [-0.05, 0) is 231 Å². The molecule has 1 aliphatic rings. The van der Waals surface area contributed by atoms with Gasteiger partial charge in [-0.25, -0.2) is 50.2 Å². The first kappa shape index (κ1) is 102. The molecular weight excluding hydrogens is 1910 g/mol. The SMILES string of the molecule is CCN(CC)CC.CS(=O)(=O)c1ccc(-n2nnc3cnc(Cl)nc32)cc1.CS(=O)(=O)c1ccc(Nc2nc(Cl)ncc2N)cc1.CS(=O)(=O)c1ccc(Nc2nc(Cl)ncc2[N+](=O)[O-])cc1.CSc1ccc(N)cc1.CSc1ccc(Nc2nc(Cl)ncc2[N+](=O)[O-])cc1.N[C@@H]1CC[C@@H](C(=O)O)C1.O=[N+]([O-])c1cnc(Cl)nc1Cl.[Cl][Sn][Cl]. The van der Waals surface area contributed by atoms with Gasteiger partial charge in [-0.3, -0.25) is 35.1 Å². The van der Waals surface area contributed by atoms with Gasteiger partial charge in [0.2, 0.25) is 43.2 Å². The van der Waals surface area contributed by atoms with Crippen molar-refractivity contribution in [3.05, 3.63) is 214 Å². The van der Waals surface area contributed by atoms with E-state index in [0.29, 0.717) is 51.8 Å². The molecule has 0 spiro atoms. The fraction of sp³-hybridized carbons (Fsp3) is 0.239. The van der Waals surface area contributed by atoms with E-state index >= 15 is 0 Å². The van der Waals surface area contributed by atoms with E-state index in [2.05, 4.69) is 102 Å². The zero-order valence-electron chi connectivity index (χ0n) is 63.0. The van der Waals surface area contributed by atoms with Crippen LogP contribution in [0.4, 0.5) is 63.0 Å². The van der Waals surface area contributed by atoms with E-state index in [0.717, 1.165) is 60.8 Å². The van der Waals surface area contributed by atoms with E-state index in [1.54, 1.807) is 47.8 Å². The molecule has 5 aromatic carbocycles. The van der Waals surface area contributed by atoms with Crippen LogP contribution < -0.4 is 33.2 Å². The van der Waals surface area contributed by atoms with Crippen LogP contribution in [0.2, 0.25) is 31.6 Å². The van der Waals surface area contributed by atoms with Gasteiger partial charge in [0.1, 0.15) is 18.6 Å². The second-order valence-electron chi connectivity index (χ2n) is 23.2. The number of halogens is 8. The Kier molecular flexibility index (Phi) is 43.3. The molecule has 0 aliphatic heterocycles. The summed E-state index contributed by atoms with van der Waals surface area (Å²) in [5.41, 5.74) is 20.3. The number of sulfone groups is 3. The van der Waals surface area contributed by atoms with Crippen LogP contribution in [0.25, 0.3) is 16.9 Å². The number of carboxylic acids is 1. The number of rotatable bonds is 19. The Morgan fingerprint density at radius 1 is 0.534 bits per heavy atom. The molecule has 51 heteroatoms. The van der Waals surface area contributed by atoms with E-state index in [9.17, 15) is 60.4 Å². The Morgan fingerprint density at radius 2 is 0.881 bits per heavy atom. The fourth-order valence-electron chi connectivity index (χ4n) is 8.97. The molecule has 6 aromatic heterocycles. The monoisotopic (exact) mass is 1980 g/mol. The van der Waals surface area contributed by atoms with E-state index in [1.165, 1.54) is 90.1 Å². The van der Waals surface area contributed by atoms with Gasteiger partial charge in [-0.1, -0.05) is 37.6 Å². The van der Waals surface area contributed by atoms with Gasteiger partial charge in [0.15, 0.2) is 46.5 Å². The van der Waals surface area contributed by atoms with Gasteiger partial charge < -0.3 is 43.2 Å². The number of fused-ring (bicyclic) bond motifs is 1. The van der Waals surface area contributed by atoms with Crippen molar-refractivity contribution in [3.8, 4) is 5.69 Å². The molecule has 11 aromatic rings. The maximum atomic E-state index is 11.4. The Hall–Kier alpha value is -8.84. The molecular formula is C67H73Cl8N23O14S5Sn. The van der Waals surface area contributed by atoms with E-state index < -0.39 is 69.1 Å². The molecule has 1 aliphatic carbocycles. The molecule has 2 atom stereocenters. The summed E-state index contributed by atoms with van der Waals surface area (Å²) in [5.74, 6) is -0.496. The van der Waals surface area contributed by atoms with Gasteiger partial charge >= 0.3 is 59.8 Å². The number of nitrogen functional groups attached to an aromatic ring is 2. The second kappa shape index (κ2) is 50.3. The Morgan fingerprint density at radius 3 is 1.23 bits per heavy atom. The number of aliphatic carboxylic acids is 1. The number of anilines is 8. The van der Waals surface area contributed by atoms with Crippen molar-refractivity contribution in [1.29, 1.82) is 0 Å². The van der Waals surface area contributed by atoms with E-state index in [1.807, 2.05) is 61.0 Å². The quantitative estimate of drug-likeness (QED) is 0.00752. The molecule has 0 amide bonds. The van der Waals surface area contributed by atoms with Crippen molar-refractivity contribution >= 4 is 239 Å². The molecule has 2 radical (unpaired) electrons. The maximum absolute atomic E-state index is 11.4. The molecule has 0 unspecified atom stereocenters. The summed E-state index contributed by atoms with van der Waals surface area (Å²) in [5, 5.41) is 56.3. The van der Waals surface area contributed by atoms with E-state index in [-0.39, 0.29) is 86.9 Å². The normalized spacial score (nSPS) is 12.5. The van der Waals surface area contributed by atoms with Crippen molar-refractivity contribution in [1.82, 2.24) is 69.7 Å². The fourth-order valence-corrected chi connectivity index (χ4v) is 12.6. The van der Waals surface area contributed by atoms with Crippen LogP contribution in [0.15, 0.2) is 177 Å². The van der Waals surface area contributed by atoms with Crippen molar-refractivity contribution in [2.45, 2.75) is 70.6 Å². The van der Waals surface area contributed by atoms with Crippen molar-refractivity contribution < 1.29 is 49.9 Å². The van der Waals surface area contributed by atoms with Crippen LogP contribution >= 0.6 is 111 Å². The first-order chi connectivity index (χ1) is 55.6. The van der Waals surface area contributed by atoms with Crippen LogP contribution in [0.1, 0.15) is 40.0 Å². The Labute approximate surface area is 733 Å². The Bertz CT molecular complexity index is 5490. The van der Waals surface area contributed by atoms with Crippen molar-refractivity contribution in [3.63, 3.8) is 0 Å². The summed E-state index contributed by atoms with van der Waals surface area (Å²) in [4.78, 5) is 82.6. The third-order valence-corrected chi connectivity index (χ3v) is 21.0. The molecule has 1 fully saturated rings. The second-order valence-corrected chi connectivity index (χ2v) is 37.3. The molecule has 0 saturated heterocycles. The molecule has 0 bridgehead atoms. The predicted octanol–water partition coefficient (Wildman–Crippen LogP) is 15.0. The molecule has 6 heterocycles. The number of nitrogens with one attached hydrogen (secondary N) is 3. The molecule has 37 nitrogen and oxygen atoms in total. The summed E-state index contributed by atoms with van der Waals surface area (Å²) >= 11 is 35.8. The topological polar surface area (TPSA) is 546 Å². The summed E-state index contributed by atoms with van der Waals surface area (Å²) in [7, 11) is 0.128. The third-order valence-electron chi connectivity index (χ3n) is 14.9. The number of carbonyl (C=O) groups is 1. The average molecular weight is 1990 g/mol. The number of hydrogen-bond acceptors (Lipinski definition) is 34. The molecule has 10 N–H and O–H groups in total.